The van der Waals surface area contributed by atoms with Crippen molar-refractivity contribution in [3.63, 3.8) is 0 Å². The summed E-state index contributed by atoms with van der Waals surface area (Å²) in [6.07, 6.45) is 7.50. The molecule has 0 aromatic carbocycles. The van der Waals surface area contributed by atoms with E-state index < -0.39 is 0 Å². The standard InChI is InChI=1S/C19H31NO3/c1-18(2,3)12-23-16(21)4-5-20-17(22)19-9-13-6-14(10-19)8-15(7-13)11-19/h13-15H,4-12H2,1-3H3,(H,20,22). The average molecular weight is 321 g/mol. The van der Waals surface area contributed by atoms with Crippen molar-refractivity contribution in [3.8, 4) is 0 Å². The monoisotopic (exact) mass is 321 g/mol. The van der Waals surface area contributed by atoms with Gasteiger partial charge in [-0.05, 0) is 61.7 Å². The van der Waals surface area contributed by atoms with Gasteiger partial charge in [-0.2, -0.15) is 0 Å². The van der Waals surface area contributed by atoms with E-state index in [1.54, 1.807) is 0 Å². The number of ether oxygens (including phenoxy) is 1. The Hall–Kier alpha value is -1.06. The number of carbonyl (C=O) groups is 2. The van der Waals surface area contributed by atoms with Crippen LogP contribution in [-0.2, 0) is 14.3 Å². The molecule has 1 amide bonds. The number of carbonyl (C=O) groups excluding carboxylic acids is 2. The summed E-state index contributed by atoms with van der Waals surface area (Å²) in [7, 11) is 0. The molecule has 4 rings (SSSR count). The largest absolute Gasteiger partial charge is 0.465 e. The van der Waals surface area contributed by atoms with Crippen LogP contribution in [0.3, 0.4) is 0 Å². The van der Waals surface area contributed by atoms with Crippen molar-refractivity contribution in [2.75, 3.05) is 13.2 Å². The molecule has 4 aliphatic rings. The zero-order chi connectivity index (χ0) is 16.7. The minimum absolute atomic E-state index is 0.0158. The van der Waals surface area contributed by atoms with Crippen LogP contribution in [0.15, 0.2) is 0 Å². The van der Waals surface area contributed by atoms with E-state index in [0.717, 1.165) is 37.0 Å². The SMILES string of the molecule is CC(C)(C)COC(=O)CCNC(=O)C12CC3CC(CC(C3)C1)C2. The van der Waals surface area contributed by atoms with Crippen LogP contribution in [0.5, 0.6) is 0 Å². The number of hydrogen-bond donors (Lipinski definition) is 1. The number of rotatable bonds is 5. The number of esters is 1. The van der Waals surface area contributed by atoms with E-state index >= 15 is 0 Å². The summed E-state index contributed by atoms with van der Waals surface area (Å²) in [6.45, 7) is 6.94. The normalized spacial score (nSPS) is 35.2. The van der Waals surface area contributed by atoms with Crippen LogP contribution < -0.4 is 5.32 Å². The summed E-state index contributed by atoms with van der Waals surface area (Å²) >= 11 is 0. The van der Waals surface area contributed by atoms with Crippen molar-refractivity contribution in [3.05, 3.63) is 0 Å². The molecular weight excluding hydrogens is 290 g/mol. The molecule has 4 fully saturated rings. The van der Waals surface area contributed by atoms with Gasteiger partial charge < -0.3 is 10.1 Å². The fourth-order valence-corrected chi connectivity index (χ4v) is 5.22. The molecular formula is C19H31NO3. The minimum Gasteiger partial charge on any atom is -0.465 e. The lowest BCUT2D eigenvalue weighted by molar-refractivity contribution is -0.148. The molecule has 0 aromatic rings. The smallest absolute Gasteiger partial charge is 0.307 e. The van der Waals surface area contributed by atoms with Gasteiger partial charge in [-0.1, -0.05) is 20.8 Å². The van der Waals surface area contributed by atoms with Gasteiger partial charge in [-0.25, -0.2) is 0 Å². The Kier molecular flexibility index (Phi) is 4.45. The first-order valence-corrected chi connectivity index (χ1v) is 9.20. The van der Waals surface area contributed by atoms with Gasteiger partial charge >= 0.3 is 5.97 Å². The third-order valence-electron chi connectivity index (χ3n) is 5.80. The highest BCUT2D eigenvalue weighted by Crippen LogP contribution is 2.60. The summed E-state index contributed by atoms with van der Waals surface area (Å²) in [4.78, 5) is 24.5. The number of hydrogen-bond acceptors (Lipinski definition) is 3. The van der Waals surface area contributed by atoms with E-state index in [9.17, 15) is 9.59 Å². The molecule has 4 aliphatic carbocycles. The maximum absolute atomic E-state index is 12.7. The molecule has 0 aromatic heterocycles. The van der Waals surface area contributed by atoms with Crippen LogP contribution in [0.2, 0.25) is 0 Å². The first kappa shape index (κ1) is 16.8. The number of amides is 1. The fourth-order valence-electron chi connectivity index (χ4n) is 5.22. The van der Waals surface area contributed by atoms with Gasteiger partial charge in [0.05, 0.1) is 13.0 Å². The fraction of sp³-hybridized carbons (Fsp3) is 0.895. The summed E-state index contributed by atoms with van der Waals surface area (Å²) in [5.74, 6) is 2.28. The first-order chi connectivity index (χ1) is 10.8. The zero-order valence-corrected chi connectivity index (χ0v) is 14.8. The second kappa shape index (κ2) is 6.10. The van der Waals surface area contributed by atoms with Crippen molar-refractivity contribution >= 4 is 11.9 Å². The van der Waals surface area contributed by atoms with Crippen molar-refractivity contribution in [1.29, 1.82) is 0 Å². The van der Waals surface area contributed by atoms with Gasteiger partial charge in [0.2, 0.25) is 5.91 Å². The molecule has 23 heavy (non-hydrogen) atoms. The highest BCUT2D eigenvalue weighted by molar-refractivity contribution is 5.83. The van der Waals surface area contributed by atoms with Crippen LogP contribution >= 0.6 is 0 Å². The average Bonchev–Trinajstić information content (AvgIpc) is 2.43. The molecule has 130 valence electrons. The zero-order valence-electron chi connectivity index (χ0n) is 14.8. The van der Waals surface area contributed by atoms with Gasteiger partial charge in [0.15, 0.2) is 0 Å². The second-order valence-corrected chi connectivity index (χ2v) is 9.43. The Balaban J connectivity index is 1.44. The van der Waals surface area contributed by atoms with Crippen molar-refractivity contribution in [1.82, 2.24) is 5.32 Å². The molecule has 0 radical (unpaired) electrons. The lowest BCUT2D eigenvalue weighted by Gasteiger charge is -2.55. The summed E-state index contributed by atoms with van der Waals surface area (Å²) in [5, 5.41) is 3.03. The molecule has 4 bridgehead atoms. The predicted molar refractivity (Wildman–Crippen MR) is 88.6 cm³/mol. The third kappa shape index (κ3) is 3.89. The molecule has 0 unspecified atom stereocenters. The van der Waals surface area contributed by atoms with Gasteiger partial charge in [0.25, 0.3) is 0 Å². The Labute approximate surface area is 139 Å². The number of nitrogens with one attached hydrogen (secondary N) is 1. The van der Waals surface area contributed by atoms with E-state index in [4.69, 9.17) is 4.74 Å². The molecule has 4 heteroatoms. The summed E-state index contributed by atoms with van der Waals surface area (Å²) < 4.78 is 5.25. The highest BCUT2D eigenvalue weighted by atomic mass is 16.5. The van der Waals surface area contributed by atoms with Gasteiger partial charge in [0, 0.05) is 12.0 Å². The summed E-state index contributed by atoms with van der Waals surface area (Å²) in [5.41, 5.74) is -0.137. The van der Waals surface area contributed by atoms with E-state index in [1.807, 2.05) is 20.8 Å². The van der Waals surface area contributed by atoms with Gasteiger partial charge in [0.1, 0.15) is 0 Å². The van der Waals surface area contributed by atoms with Gasteiger partial charge in [-0.3, -0.25) is 9.59 Å². The molecule has 0 atom stereocenters. The molecule has 4 nitrogen and oxygen atoms in total. The van der Waals surface area contributed by atoms with Crippen LogP contribution in [-0.4, -0.2) is 25.0 Å². The van der Waals surface area contributed by atoms with Crippen LogP contribution in [0.25, 0.3) is 0 Å². The van der Waals surface area contributed by atoms with E-state index in [-0.39, 0.29) is 29.1 Å². The quantitative estimate of drug-likeness (QED) is 0.791. The molecule has 0 heterocycles. The van der Waals surface area contributed by atoms with E-state index in [2.05, 4.69) is 5.32 Å². The van der Waals surface area contributed by atoms with Crippen LogP contribution in [0.4, 0.5) is 0 Å². The second-order valence-electron chi connectivity index (χ2n) is 9.43. The van der Waals surface area contributed by atoms with E-state index in [0.29, 0.717) is 13.2 Å². The molecule has 4 saturated carbocycles. The third-order valence-corrected chi connectivity index (χ3v) is 5.80. The molecule has 0 spiro atoms. The molecule has 1 N–H and O–H groups in total. The van der Waals surface area contributed by atoms with Crippen molar-refractivity contribution in [2.24, 2.45) is 28.6 Å². The maximum Gasteiger partial charge on any atom is 0.307 e. The van der Waals surface area contributed by atoms with Gasteiger partial charge in [-0.15, -0.1) is 0 Å². The summed E-state index contributed by atoms with van der Waals surface area (Å²) in [6, 6.07) is 0. The Morgan fingerprint density at radius 3 is 2.04 bits per heavy atom. The molecule has 0 aliphatic heterocycles. The first-order valence-electron chi connectivity index (χ1n) is 9.20. The Morgan fingerprint density at radius 2 is 1.57 bits per heavy atom. The topological polar surface area (TPSA) is 55.4 Å². The Bertz CT molecular complexity index is 442. The predicted octanol–water partition coefficient (Wildman–Crippen LogP) is 3.30. The van der Waals surface area contributed by atoms with Crippen LogP contribution in [0, 0.1) is 28.6 Å². The Morgan fingerprint density at radius 1 is 1.04 bits per heavy atom. The maximum atomic E-state index is 12.7. The molecule has 0 saturated heterocycles. The van der Waals surface area contributed by atoms with Crippen molar-refractivity contribution in [2.45, 2.75) is 65.7 Å². The lowest BCUT2D eigenvalue weighted by atomic mass is 9.49. The minimum atomic E-state index is -0.217. The van der Waals surface area contributed by atoms with Crippen molar-refractivity contribution < 1.29 is 14.3 Å². The van der Waals surface area contributed by atoms with Crippen LogP contribution in [0.1, 0.15) is 65.7 Å². The highest BCUT2D eigenvalue weighted by Gasteiger charge is 2.54. The van der Waals surface area contributed by atoms with E-state index in [1.165, 1.54) is 19.3 Å². The lowest BCUT2D eigenvalue weighted by Crippen LogP contribution is -2.53.